The van der Waals surface area contributed by atoms with Gasteiger partial charge >= 0.3 is 6.09 Å². The first kappa shape index (κ1) is 22.2. The summed E-state index contributed by atoms with van der Waals surface area (Å²) in [6, 6.07) is 15.0. The van der Waals surface area contributed by atoms with E-state index in [0.717, 1.165) is 34.0 Å². The highest BCUT2D eigenvalue weighted by molar-refractivity contribution is 6.35. The van der Waals surface area contributed by atoms with Gasteiger partial charge < -0.3 is 19.0 Å². The zero-order valence-corrected chi connectivity index (χ0v) is 19.5. The van der Waals surface area contributed by atoms with Crippen LogP contribution in [0.2, 0.25) is 5.02 Å². The monoisotopic (exact) mass is 477 g/mol. The number of benzene rings is 2. The van der Waals surface area contributed by atoms with E-state index < -0.39 is 0 Å². The molecule has 0 radical (unpaired) electrons. The molecule has 1 aliphatic rings. The molecule has 7 nitrogen and oxygen atoms in total. The lowest BCUT2D eigenvalue weighted by Crippen LogP contribution is -2.50. The second-order valence-electron chi connectivity index (χ2n) is 8.29. The van der Waals surface area contributed by atoms with Crippen LogP contribution in [-0.2, 0) is 4.74 Å². The number of carbonyl (C=O) groups is 2. The molecule has 1 aliphatic heterocycles. The number of aromatic nitrogens is 1. The van der Waals surface area contributed by atoms with Crippen molar-refractivity contribution in [2.75, 3.05) is 32.8 Å². The summed E-state index contributed by atoms with van der Waals surface area (Å²) in [6.45, 7) is 4.17. The topological polar surface area (TPSA) is 75.9 Å². The van der Waals surface area contributed by atoms with Crippen molar-refractivity contribution in [2.45, 2.75) is 13.3 Å². The van der Waals surface area contributed by atoms with E-state index in [1.807, 2.05) is 43.3 Å². The minimum atomic E-state index is -0.320. The molecule has 2 aromatic carbocycles. The highest BCUT2D eigenvalue weighted by atomic mass is 35.5. The van der Waals surface area contributed by atoms with Crippen molar-refractivity contribution in [2.24, 2.45) is 0 Å². The maximum Gasteiger partial charge on any atom is 0.409 e. The minimum absolute atomic E-state index is 0.0911. The van der Waals surface area contributed by atoms with Crippen LogP contribution in [0, 0.1) is 0 Å². The fourth-order valence-electron chi connectivity index (χ4n) is 4.15. The minimum Gasteiger partial charge on any atom is -0.464 e. The molecule has 0 N–H and O–H groups in total. The van der Waals surface area contributed by atoms with Crippen LogP contribution in [0.1, 0.15) is 23.7 Å². The van der Waals surface area contributed by atoms with E-state index in [-0.39, 0.29) is 12.0 Å². The van der Waals surface area contributed by atoms with Gasteiger partial charge in [0, 0.05) is 48.1 Å². The molecule has 1 fully saturated rings. The van der Waals surface area contributed by atoms with E-state index in [9.17, 15) is 9.59 Å². The Morgan fingerprint density at radius 1 is 1.03 bits per heavy atom. The first-order valence-electron chi connectivity index (χ1n) is 11.3. The van der Waals surface area contributed by atoms with Crippen LogP contribution in [0.4, 0.5) is 4.79 Å². The predicted molar refractivity (Wildman–Crippen MR) is 131 cm³/mol. The lowest BCUT2D eigenvalue weighted by molar-refractivity contribution is 0.0560. The van der Waals surface area contributed by atoms with Gasteiger partial charge in [0.15, 0.2) is 0 Å². The maximum atomic E-state index is 13.2. The summed E-state index contributed by atoms with van der Waals surface area (Å²) >= 11 is 6.57. The number of carbonyl (C=O) groups excluding carboxylic acids is 2. The number of rotatable bonds is 4. The van der Waals surface area contributed by atoms with Gasteiger partial charge in [-0.3, -0.25) is 4.79 Å². The smallest absolute Gasteiger partial charge is 0.409 e. The Kier molecular flexibility index (Phi) is 6.11. The molecule has 0 unspecified atom stereocenters. The number of ether oxygens (including phenoxy) is 1. The largest absolute Gasteiger partial charge is 0.464 e. The van der Waals surface area contributed by atoms with Crippen molar-refractivity contribution in [3.8, 4) is 11.3 Å². The molecular formula is C26H24ClN3O4. The van der Waals surface area contributed by atoms with Gasteiger partial charge in [0.1, 0.15) is 5.58 Å². The molecule has 0 bridgehead atoms. The Balaban J connectivity index is 1.37. The fourth-order valence-corrected chi connectivity index (χ4v) is 4.41. The standard InChI is InChI=1S/C26H24ClN3O4/c1-2-12-34-26(32)30-10-8-29(9-11-30)25(31)19-3-5-20-21(27)16-22(28-23(20)15-19)17-4-6-24-18(14-17)7-13-33-24/h3-7,13-16H,2,8-12H2,1H3. The van der Waals surface area contributed by atoms with Crippen LogP contribution in [0.5, 0.6) is 0 Å². The van der Waals surface area contributed by atoms with E-state index in [1.54, 1.807) is 28.2 Å². The highest BCUT2D eigenvalue weighted by Crippen LogP contribution is 2.31. The molecule has 5 rings (SSSR count). The number of amides is 2. The molecule has 0 spiro atoms. The fraction of sp³-hybridized carbons (Fsp3) is 0.269. The van der Waals surface area contributed by atoms with Crippen LogP contribution < -0.4 is 0 Å². The zero-order chi connectivity index (χ0) is 23.7. The maximum absolute atomic E-state index is 13.2. The Morgan fingerprint density at radius 3 is 2.62 bits per heavy atom. The van der Waals surface area contributed by atoms with E-state index in [4.69, 9.17) is 25.7 Å². The average Bonchev–Trinajstić information content (AvgIpc) is 3.34. The first-order valence-corrected chi connectivity index (χ1v) is 11.7. The quantitative estimate of drug-likeness (QED) is 0.382. The van der Waals surface area contributed by atoms with Crippen LogP contribution >= 0.6 is 11.6 Å². The normalized spacial score (nSPS) is 14.1. The van der Waals surface area contributed by atoms with Crippen LogP contribution in [0.25, 0.3) is 33.1 Å². The van der Waals surface area contributed by atoms with Gasteiger partial charge in [0.25, 0.3) is 5.91 Å². The molecule has 174 valence electrons. The summed E-state index contributed by atoms with van der Waals surface area (Å²) in [5, 5.41) is 2.34. The molecule has 34 heavy (non-hydrogen) atoms. The Bertz CT molecular complexity index is 1380. The summed E-state index contributed by atoms with van der Waals surface area (Å²) in [7, 11) is 0. The van der Waals surface area contributed by atoms with Gasteiger partial charge in [0.2, 0.25) is 0 Å². The number of halogens is 1. The molecule has 4 aromatic rings. The second kappa shape index (κ2) is 9.35. The third kappa shape index (κ3) is 4.31. The summed E-state index contributed by atoms with van der Waals surface area (Å²) in [5.41, 5.74) is 3.65. The Morgan fingerprint density at radius 2 is 1.82 bits per heavy atom. The zero-order valence-electron chi connectivity index (χ0n) is 18.8. The number of hydrogen-bond donors (Lipinski definition) is 0. The molecule has 8 heteroatoms. The Labute approximate surface area is 201 Å². The highest BCUT2D eigenvalue weighted by Gasteiger charge is 2.26. The van der Waals surface area contributed by atoms with Crippen LogP contribution in [0.15, 0.2) is 59.2 Å². The van der Waals surface area contributed by atoms with E-state index in [0.29, 0.717) is 48.9 Å². The second-order valence-corrected chi connectivity index (χ2v) is 8.70. The Hall–Kier alpha value is -3.58. The number of piperazine rings is 1. The van der Waals surface area contributed by atoms with E-state index in [1.165, 1.54) is 0 Å². The SMILES string of the molecule is CCCOC(=O)N1CCN(C(=O)c2ccc3c(Cl)cc(-c4ccc5occc5c4)nc3c2)CC1. The number of fused-ring (bicyclic) bond motifs is 2. The number of furan rings is 1. The number of nitrogens with zero attached hydrogens (tertiary/aromatic N) is 3. The molecule has 0 saturated carbocycles. The third-order valence-corrected chi connectivity index (χ3v) is 6.32. The third-order valence-electron chi connectivity index (χ3n) is 6.01. The van der Waals surface area contributed by atoms with E-state index in [2.05, 4.69) is 0 Å². The van der Waals surface area contributed by atoms with Crippen molar-refractivity contribution in [1.29, 1.82) is 0 Å². The molecule has 1 saturated heterocycles. The predicted octanol–water partition coefficient (Wildman–Crippen LogP) is 5.61. The van der Waals surface area contributed by atoms with Gasteiger partial charge in [-0.05, 0) is 48.9 Å². The van der Waals surface area contributed by atoms with Gasteiger partial charge in [0.05, 0.1) is 29.1 Å². The van der Waals surface area contributed by atoms with Crippen molar-refractivity contribution < 1.29 is 18.7 Å². The lowest BCUT2D eigenvalue weighted by Gasteiger charge is -2.34. The summed E-state index contributed by atoms with van der Waals surface area (Å²) in [6.07, 6.45) is 2.12. The van der Waals surface area contributed by atoms with Crippen molar-refractivity contribution in [3.63, 3.8) is 0 Å². The van der Waals surface area contributed by atoms with Gasteiger partial charge in [-0.1, -0.05) is 24.6 Å². The first-order chi connectivity index (χ1) is 16.5. The summed E-state index contributed by atoms with van der Waals surface area (Å²) in [5.74, 6) is -0.0911. The van der Waals surface area contributed by atoms with Crippen molar-refractivity contribution >= 4 is 45.5 Å². The van der Waals surface area contributed by atoms with E-state index >= 15 is 0 Å². The van der Waals surface area contributed by atoms with Crippen molar-refractivity contribution in [3.05, 3.63) is 65.4 Å². The van der Waals surface area contributed by atoms with Crippen molar-refractivity contribution in [1.82, 2.24) is 14.8 Å². The molecule has 2 aromatic heterocycles. The van der Waals surface area contributed by atoms with Crippen LogP contribution in [0.3, 0.4) is 0 Å². The lowest BCUT2D eigenvalue weighted by atomic mass is 10.1. The summed E-state index contributed by atoms with van der Waals surface area (Å²) in [4.78, 5) is 33.4. The van der Waals surface area contributed by atoms with Gasteiger partial charge in [-0.15, -0.1) is 0 Å². The average molecular weight is 478 g/mol. The molecule has 0 atom stereocenters. The number of hydrogen-bond acceptors (Lipinski definition) is 5. The summed E-state index contributed by atoms with van der Waals surface area (Å²) < 4.78 is 10.6. The van der Waals surface area contributed by atoms with Crippen LogP contribution in [-0.4, -0.2) is 59.6 Å². The molecule has 2 amide bonds. The van der Waals surface area contributed by atoms with Gasteiger partial charge in [-0.25, -0.2) is 9.78 Å². The molecule has 3 heterocycles. The number of pyridine rings is 1. The molecule has 0 aliphatic carbocycles. The van der Waals surface area contributed by atoms with Gasteiger partial charge in [-0.2, -0.15) is 0 Å². The molecular weight excluding hydrogens is 454 g/mol.